The van der Waals surface area contributed by atoms with E-state index in [-0.39, 0.29) is 6.04 Å². The normalized spacial score (nSPS) is 12.0. The number of thiazole rings is 1. The number of ether oxygens (including phenoxy) is 2. The quantitative estimate of drug-likeness (QED) is 0.770. The van der Waals surface area contributed by atoms with Gasteiger partial charge in [0.1, 0.15) is 0 Å². The monoisotopic (exact) mass is 321 g/mol. The van der Waals surface area contributed by atoms with Gasteiger partial charge in [-0.2, -0.15) is 0 Å². The Morgan fingerprint density at radius 3 is 2.59 bits per heavy atom. The van der Waals surface area contributed by atoms with Crippen LogP contribution in [0, 0.1) is 0 Å². The van der Waals surface area contributed by atoms with Gasteiger partial charge in [0.15, 0.2) is 16.6 Å². The lowest BCUT2D eigenvalue weighted by molar-refractivity contribution is 0.288. The molecule has 1 heterocycles. The summed E-state index contributed by atoms with van der Waals surface area (Å²) >= 11 is 1.59. The van der Waals surface area contributed by atoms with Crippen LogP contribution in [-0.2, 0) is 0 Å². The van der Waals surface area contributed by atoms with Gasteiger partial charge in [0.2, 0.25) is 0 Å². The van der Waals surface area contributed by atoms with Crippen molar-refractivity contribution in [2.24, 2.45) is 0 Å². The van der Waals surface area contributed by atoms with Gasteiger partial charge in [0, 0.05) is 23.2 Å². The molecule has 0 aliphatic carbocycles. The SMILES string of the molecule is CCOc1ccc(Nc2nc(C(C)NC)cs2)cc1OCC. The Morgan fingerprint density at radius 2 is 1.91 bits per heavy atom. The third kappa shape index (κ3) is 4.11. The largest absolute Gasteiger partial charge is 0.490 e. The van der Waals surface area contributed by atoms with Crippen LogP contribution >= 0.6 is 11.3 Å². The number of hydrogen-bond donors (Lipinski definition) is 2. The summed E-state index contributed by atoms with van der Waals surface area (Å²) in [6, 6.07) is 6.07. The van der Waals surface area contributed by atoms with Crippen LogP contribution in [0.5, 0.6) is 11.5 Å². The smallest absolute Gasteiger partial charge is 0.187 e. The molecule has 1 aromatic heterocycles. The Bertz CT molecular complexity index is 601. The first kappa shape index (κ1) is 16.6. The first-order valence-electron chi connectivity index (χ1n) is 7.47. The van der Waals surface area contributed by atoms with Crippen LogP contribution in [0.2, 0.25) is 0 Å². The molecule has 1 atom stereocenters. The van der Waals surface area contributed by atoms with E-state index in [0.29, 0.717) is 13.2 Å². The highest BCUT2D eigenvalue weighted by molar-refractivity contribution is 7.13. The first-order valence-corrected chi connectivity index (χ1v) is 8.35. The minimum absolute atomic E-state index is 0.242. The van der Waals surface area contributed by atoms with Gasteiger partial charge in [-0.1, -0.05) is 0 Å². The maximum absolute atomic E-state index is 5.64. The molecule has 2 aromatic rings. The predicted octanol–water partition coefficient (Wildman–Crippen LogP) is 3.96. The summed E-state index contributed by atoms with van der Waals surface area (Å²) < 4.78 is 11.2. The van der Waals surface area contributed by atoms with Crippen LogP contribution in [-0.4, -0.2) is 25.2 Å². The van der Waals surface area contributed by atoms with Gasteiger partial charge >= 0.3 is 0 Å². The van der Waals surface area contributed by atoms with E-state index in [0.717, 1.165) is 28.0 Å². The molecule has 0 bridgehead atoms. The van der Waals surface area contributed by atoms with Gasteiger partial charge < -0.3 is 20.1 Å². The maximum Gasteiger partial charge on any atom is 0.187 e. The number of nitrogens with one attached hydrogen (secondary N) is 2. The molecule has 0 saturated carbocycles. The van der Waals surface area contributed by atoms with Crippen molar-refractivity contribution in [3.63, 3.8) is 0 Å². The fourth-order valence-electron chi connectivity index (χ4n) is 1.94. The Labute approximate surface area is 135 Å². The number of nitrogens with zero attached hydrogens (tertiary/aromatic N) is 1. The molecule has 0 aliphatic rings. The Kier molecular flexibility index (Phi) is 6.03. The van der Waals surface area contributed by atoms with Crippen molar-refractivity contribution in [1.82, 2.24) is 10.3 Å². The molecule has 2 N–H and O–H groups in total. The summed E-state index contributed by atoms with van der Waals surface area (Å²) in [5.41, 5.74) is 1.97. The topological polar surface area (TPSA) is 55.4 Å². The summed E-state index contributed by atoms with van der Waals surface area (Å²) in [6.45, 7) is 7.22. The summed E-state index contributed by atoms with van der Waals surface area (Å²) in [5, 5.41) is 9.42. The van der Waals surface area contributed by atoms with E-state index in [2.05, 4.69) is 27.9 Å². The Morgan fingerprint density at radius 1 is 1.18 bits per heavy atom. The number of aromatic nitrogens is 1. The van der Waals surface area contributed by atoms with Crippen LogP contribution in [0.4, 0.5) is 10.8 Å². The average Bonchev–Trinajstić information content (AvgIpc) is 2.98. The number of benzene rings is 1. The lowest BCUT2D eigenvalue weighted by Gasteiger charge is -2.12. The zero-order valence-corrected chi connectivity index (χ0v) is 14.3. The van der Waals surface area contributed by atoms with Gasteiger partial charge in [-0.25, -0.2) is 4.98 Å². The van der Waals surface area contributed by atoms with E-state index >= 15 is 0 Å². The molecule has 0 aliphatic heterocycles. The highest BCUT2D eigenvalue weighted by atomic mass is 32.1. The van der Waals surface area contributed by atoms with E-state index in [1.807, 2.05) is 39.1 Å². The molecule has 0 amide bonds. The molecular weight excluding hydrogens is 298 g/mol. The van der Waals surface area contributed by atoms with Crippen molar-refractivity contribution in [2.45, 2.75) is 26.8 Å². The minimum Gasteiger partial charge on any atom is -0.490 e. The fourth-order valence-corrected chi connectivity index (χ4v) is 2.77. The number of hydrogen-bond acceptors (Lipinski definition) is 6. The van der Waals surface area contributed by atoms with Crippen LogP contribution in [0.3, 0.4) is 0 Å². The van der Waals surface area contributed by atoms with E-state index < -0.39 is 0 Å². The summed E-state index contributed by atoms with van der Waals surface area (Å²) in [7, 11) is 1.93. The Balaban J connectivity index is 2.15. The molecule has 5 nitrogen and oxygen atoms in total. The summed E-state index contributed by atoms with van der Waals surface area (Å²) in [6.07, 6.45) is 0. The van der Waals surface area contributed by atoms with Crippen molar-refractivity contribution >= 4 is 22.2 Å². The second kappa shape index (κ2) is 8.00. The van der Waals surface area contributed by atoms with Crippen LogP contribution in [0.15, 0.2) is 23.6 Å². The Hall–Kier alpha value is -1.79. The highest BCUT2D eigenvalue weighted by Crippen LogP contribution is 2.32. The van der Waals surface area contributed by atoms with Gasteiger partial charge in [-0.3, -0.25) is 0 Å². The standard InChI is InChI=1S/C16H23N3O2S/c1-5-20-14-8-7-12(9-15(14)21-6-2)18-16-19-13(10-22-16)11(3)17-4/h7-11,17H,5-6H2,1-4H3,(H,18,19). The van der Waals surface area contributed by atoms with Crippen molar-refractivity contribution < 1.29 is 9.47 Å². The summed E-state index contributed by atoms with van der Waals surface area (Å²) in [5.74, 6) is 1.51. The van der Waals surface area contributed by atoms with Crippen molar-refractivity contribution in [3.05, 3.63) is 29.3 Å². The van der Waals surface area contributed by atoms with E-state index in [1.165, 1.54) is 0 Å². The van der Waals surface area contributed by atoms with Gasteiger partial charge in [-0.05, 0) is 40.0 Å². The second-order valence-electron chi connectivity index (χ2n) is 4.74. The minimum atomic E-state index is 0.242. The molecule has 1 unspecified atom stereocenters. The molecule has 22 heavy (non-hydrogen) atoms. The lowest BCUT2D eigenvalue weighted by Crippen LogP contribution is -2.12. The van der Waals surface area contributed by atoms with Crippen molar-refractivity contribution in [1.29, 1.82) is 0 Å². The molecular formula is C16H23N3O2S. The highest BCUT2D eigenvalue weighted by Gasteiger charge is 2.10. The van der Waals surface area contributed by atoms with Crippen molar-refractivity contribution in [2.75, 3.05) is 25.6 Å². The predicted molar refractivity (Wildman–Crippen MR) is 91.7 cm³/mol. The zero-order valence-electron chi connectivity index (χ0n) is 13.5. The number of rotatable bonds is 8. The van der Waals surface area contributed by atoms with Crippen LogP contribution in [0.25, 0.3) is 0 Å². The third-order valence-electron chi connectivity index (χ3n) is 3.19. The molecule has 120 valence electrons. The van der Waals surface area contributed by atoms with E-state index in [4.69, 9.17) is 9.47 Å². The van der Waals surface area contributed by atoms with Crippen LogP contribution in [0.1, 0.15) is 32.5 Å². The van der Waals surface area contributed by atoms with Gasteiger partial charge in [0.05, 0.1) is 18.9 Å². The molecule has 1 aromatic carbocycles. The molecule has 2 rings (SSSR count). The van der Waals surface area contributed by atoms with Crippen molar-refractivity contribution in [3.8, 4) is 11.5 Å². The number of anilines is 2. The second-order valence-corrected chi connectivity index (χ2v) is 5.60. The molecule has 0 saturated heterocycles. The summed E-state index contributed by atoms with van der Waals surface area (Å²) in [4.78, 5) is 4.58. The third-order valence-corrected chi connectivity index (χ3v) is 3.97. The maximum atomic E-state index is 5.64. The van der Waals surface area contributed by atoms with E-state index in [9.17, 15) is 0 Å². The first-order chi connectivity index (χ1) is 10.7. The zero-order chi connectivity index (χ0) is 15.9. The lowest BCUT2D eigenvalue weighted by atomic mass is 10.2. The van der Waals surface area contributed by atoms with Gasteiger partial charge in [0.25, 0.3) is 0 Å². The van der Waals surface area contributed by atoms with E-state index in [1.54, 1.807) is 11.3 Å². The fraction of sp³-hybridized carbons (Fsp3) is 0.438. The molecule has 0 fully saturated rings. The van der Waals surface area contributed by atoms with Crippen LogP contribution < -0.4 is 20.1 Å². The molecule has 6 heteroatoms. The molecule has 0 spiro atoms. The van der Waals surface area contributed by atoms with Gasteiger partial charge in [-0.15, -0.1) is 11.3 Å². The molecule has 0 radical (unpaired) electrons. The average molecular weight is 321 g/mol.